The molecular weight excluding hydrogens is 404 g/mol. The SMILES string of the molecule is COc1ccc(OCC(=O)NC[C@@H](c2ccc3c(c2)CCN3C)N2CCN(C)CC2)cc1. The van der Waals surface area contributed by atoms with Gasteiger partial charge in [0.1, 0.15) is 11.5 Å². The zero-order chi connectivity index (χ0) is 22.5. The van der Waals surface area contributed by atoms with Gasteiger partial charge >= 0.3 is 0 Å². The van der Waals surface area contributed by atoms with E-state index < -0.39 is 0 Å². The minimum absolute atomic E-state index is 0.00321. The van der Waals surface area contributed by atoms with Crippen LogP contribution >= 0.6 is 0 Å². The maximum Gasteiger partial charge on any atom is 0.258 e. The van der Waals surface area contributed by atoms with E-state index in [0.29, 0.717) is 12.3 Å². The van der Waals surface area contributed by atoms with E-state index in [0.717, 1.165) is 44.9 Å². The lowest BCUT2D eigenvalue weighted by molar-refractivity contribution is -0.123. The number of carbonyl (C=O) groups excluding carboxylic acids is 1. The van der Waals surface area contributed by atoms with Gasteiger partial charge in [-0.3, -0.25) is 9.69 Å². The van der Waals surface area contributed by atoms with E-state index >= 15 is 0 Å². The Bertz CT molecular complexity index is 910. The summed E-state index contributed by atoms with van der Waals surface area (Å²) in [7, 11) is 5.93. The lowest BCUT2D eigenvalue weighted by Gasteiger charge is -2.38. The fourth-order valence-electron chi connectivity index (χ4n) is 4.47. The number of rotatable bonds is 8. The summed E-state index contributed by atoms with van der Waals surface area (Å²) >= 11 is 0. The van der Waals surface area contributed by atoms with Gasteiger partial charge in [0.05, 0.1) is 13.2 Å². The molecule has 1 amide bonds. The molecule has 2 aromatic carbocycles. The second-order valence-electron chi connectivity index (χ2n) is 8.68. The second-order valence-corrected chi connectivity index (χ2v) is 8.68. The Balaban J connectivity index is 1.39. The summed E-state index contributed by atoms with van der Waals surface area (Å²) in [5, 5.41) is 3.10. The molecule has 2 aliphatic rings. The molecule has 0 radical (unpaired) electrons. The van der Waals surface area contributed by atoms with Crippen molar-refractivity contribution in [3.63, 3.8) is 0 Å². The van der Waals surface area contributed by atoms with E-state index in [9.17, 15) is 4.79 Å². The number of nitrogens with one attached hydrogen (secondary N) is 1. The fourth-order valence-corrected chi connectivity index (χ4v) is 4.47. The van der Waals surface area contributed by atoms with Gasteiger partial charge in [-0.15, -0.1) is 0 Å². The van der Waals surface area contributed by atoms with Gasteiger partial charge in [0.25, 0.3) is 5.91 Å². The van der Waals surface area contributed by atoms with Crippen molar-refractivity contribution in [1.29, 1.82) is 0 Å². The van der Waals surface area contributed by atoms with E-state index in [1.807, 2.05) is 12.1 Å². The van der Waals surface area contributed by atoms with Gasteiger partial charge in [0.15, 0.2) is 6.61 Å². The number of carbonyl (C=O) groups is 1. The number of fused-ring (bicyclic) bond motifs is 1. The summed E-state index contributed by atoms with van der Waals surface area (Å²) in [6, 6.07) is 14.2. The van der Waals surface area contributed by atoms with Crippen molar-refractivity contribution >= 4 is 11.6 Å². The van der Waals surface area contributed by atoms with Crippen molar-refractivity contribution in [3.8, 4) is 11.5 Å². The average molecular weight is 439 g/mol. The molecule has 7 nitrogen and oxygen atoms in total. The molecule has 7 heteroatoms. The zero-order valence-electron chi connectivity index (χ0n) is 19.3. The summed E-state index contributed by atoms with van der Waals surface area (Å²) in [5.74, 6) is 1.30. The molecule has 172 valence electrons. The molecule has 0 aliphatic carbocycles. The van der Waals surface area contributed by atoms with E-state index in [1.165, 1.54) is 16.8 Å². The normalized spacial score (nSPS) is 17.7. The second kappa shape index (κ2) is 10.2. The monoisotopic (exact) mass is 438 g/mol. The molecule has 1 N–H and O–H groups in total. The summed E-state index contributed by atoms with van der Waals surface area (Å²) in [6.45, 7) is 5.71. The molecule has 2 heterocycles. The number of benzene rings is 2. The molecule has 0 bridgehead atoms. The van der Waals surface area contributed by atoms with Crippen LogP contribution < -0.4 is 19.7 Å². The number of methoxy groups -OCH3 is 1. The number of hydrogen-bond donors (Lipinski definition) is 1. The van der Waals surface area contributed by atoms with Crippen LogP contribution in [0.5, 0.6) is 11.5 Å². The first-order valence-corrected chi connectivity index (χ1v) is 11.3. The fraction of sp³-hybridized carbons (Fsp3) is 0.480. The molecule has 32 heavy (non-hydrogen) atoms. The van der Waals surface area contributed by atoms with Crippen molar-refractivity contribution in [2.24, 2.45) is 0 Å². The van der Waals surface area contributed by atoms with Crippen LogP contribution in [-0.2, 0) is 11.2 Å². The largest absolute Gasteiger partial charge is 0.497 e. The van der Waals surface area contributed by atoms with Crippen molar-refractivity contribution in [2.75, 3.05) is 72.0 Å². The predicted octanol–water partition coefficient (Wildman–Crippen LogP) is 2.17. The smallest absolute Gasteiger partial charge is 0.258 e. The Kier molecular flexibility index (Phi) is 7.17. The van der Waals surface area contributed by atoms with Crippen LogP contribution in [0.3, 0.4) is 0 Å². The third-order valence-electron chi connectivity index (χ3n) is 6.52. The number of ether oxygens (including phenoxy) is 2. The van der Waals surface area contributed by atoms with Crippen molar-refractivity contribution in [1.82, 2.24) is 15.1 Å². The van der Waals surface area contributed by atoms with E-state index in [-0.39, 0.29) is 18.6 Å². The molecule has 1 fully saturated rings. The third-order valence-corrected chi connectivity index (χ3v) is 6.52. The first-order valence-electron chi connectivity index (χ1n) is 11.3. The minimum atomic E-state index is -0.110. The number of hydrogen-bond acceptors (Lipinski definition) is 6. The van der Waals surface area contributed by atoms with Crippen LogP contribution in [0.2, 0.25) is 0 Å². The quantitative estimate of drug-likeness (QED) is 0.682. The maximum absolute atomic E-state index is 12.5. The maximum atomic E-state index is 12.5. The van der Waals surface area contributed by atoms with Gasteiger partial charge in [-0.05, 0) is 54.9 Å². The first-order chi connectivity index (χ1) is 15.5. The lowest BCUT2D eigenvalue weighted by Crippen LogP contribution is -2.48. The number of piperazine rings is 1. The van der Waals surface area contributed by atoms with Crippen LogP contribution in [0.4, 0.5) is 5.69 Å². The highest BCUT2D eigenvalue weighted by molar-refractivity contribution is 5.77. The predicted molar refractivity (Wildman–Crippen MR) is 127 cm³/mol. The summed E-state index contributed by atoms with van der Waals surface area (Å²) in [5.41, 5.74) is 4.00. The van der Waals surface area contributed by atoms with E-state index in [1.54, 1.807) is 19.2 Å². The molecule has 0 spiro atoms. The summed E-state index contributed by atoms with van der Waals surface area (Å²) in [6.07, 6.45) is 1.08. The third kappa shape index (κ3) is 5.34. The van der Waals surface area contributed by atoms with E-state index in [2.05, 4.69) is 52.3 Å². The Morgan fingerprint density at radius 1 is 1.00 bits per heavy atom. The van der Waals surface area contributed by atoms with Crippen LogP contribution in [0, 0.1) is 0 Å². The van der Waals surface area contributed by atoms with Gasteiger partial charge in [0, 0.05) is 52.0 Å². The highest BCUT2D eigenvalue weighted by Gasteiger charge is 2.26. The number of anilines is 1. The molecule has 1 atom stereocenters. The molecular formula is C25H34N4O3. The minimum Gasteiger partial charge on any atom is -0.497 e. The molecule has 2 aromatic rings. The highest BCUT2D eigenvalue weighted by Crippen LogP contribution is 2.31. The molecule has 0 saturated carbocycles. The summed E-state index contributed by atoms with van der Waals surface area (Å²) < 4.78 is 10.8. The van der Waals surface area contributed by atoms with Gasteiger partial charge < -0.3 is 24.6 Å². The van der Waals surface area contributed by atoms with Crippen LogP contribution in [0.1, 0.15) is 17.2 Å². The van der Waals surface area contributed by atoms with Crippen LogP contribution in [-0.4, -0.2) is 82.8 Å². The van der Waals surface area contributed by atoms with Crippen LogP contribution in [0.15, 0.2) is 42.5 Å². The molecule has 2 aliphatic heterocycles. The van der Waals surface area contributed by atoms with Gasteiger partial charge in [-0.1, -0.05) is 12.1 Å². The lowest BCUT2D eigenvalue weighted by atomic mass is 10.00. The van der Waals surface area contributed by atoms with Gasteiger partial charge in [0.2, 0.25) is 0 Å². The average Bonchev–Trinajstić information content (AvgIpc) is 3.19. The Morgan fingerprint density at radius 3 is 2.44 bits per heavy atom. The summed E-state index contributed by atoms with van der Waals surface area (Å²) in [4.78, 5) is 19.7. The molecule has 4 rings (SSSR count). The Morgan fingerprint density at radius 2 is 1.72 bits per heavy atom. The molecule has 0 aromatic heterocycles. The van der Waals surface area contributed by atoms with Crippen molar-refractivity contribution in [3.05, 3.63) is 53.6 Å². The number of likely N-dealkylation sites (N-methyl/N-ethyl adjacent to an activating group) is 2. The Hall–Kier alpha value is -2.77. The number of amides is 1. The first kappa shape index (κ1) is 22.4. The van der Waals surface area contributed by atoms with E-state index in [4.69, 9.17) is 9.47 Å². The Labute approximate surface area is 190 Å². The van der Waals surface area contributed by atoms with Gasteiger partial charge in [-0.2, -0.15) is 0 Å². The number of nitrogens with zero attached hydrogens (tertiary/aromatic N) is 3. The molecule has 0 unspecified atom stereocenters. The van der Waals surface area contributed by atoms with Crippen molar-refractivity contribution in [2.45, 2.75) is 12.5 Å². The zero-order valence-corrected chi connectivity index (χ0v) is 19.3. The topological polar surface area (TPSA) is 57.3 Å². The molecule has 1 saturated heterocycles. The van der Waals surface area contributed by atoms with Crippen molar-refractivity contribution < 1.29 is 14.3 Å². The van der Waals surface area contributed by atoms with Gasteiger partial charge in [-0.25, -0.2) is 0 Å². The standard InChI is InChI=1S/C25H34N4O3/c1-27-12-14-29(15-13-27)24(19-4-9-23-20(16-19)10-11-28(23)2)17-26-25(30)18-32-22-7-5-21(31-3)6-8-22/h4-9,16,24H,10-15,17-18H2,1-3H3,(H,26,30)/t24-/m0/s1. The highest BCUT2D eigenvalue weighted by atomic mass is 16.5. The van der Waals surface area contributed by atoms with Crippen LogP contribution in [0.25, 0.3) is 0 Å².